The molecule has 134 valence electrons. The highest BCUT2D eigenvalue weighted by atomic mass is 16.5. The highest BCUT2D eigenvalue weighted by Gasteiger charge is 2.14. The Morgan fingerprint density at radius 2 is 1.81 bits per heavy atom. The van der Waals surface area contributed by atoms with Gasteiger partial charge in [-0.2, -0.15) is 0 Å². The fraction of sp³-hybridized carbons (Fsp3) is 0.211. The van der Waals surface area contributed by atoms with Crippen molar-refractivity contribution in [3.8, 4) is 17.4 Å². The van der Waals surface area contributed by atoms with Gasteiger partial charge in [-0.3, -0.25) is 4.79 Å². The molecular weight excluding hydrogens is 334 g/mol. The van der Waals surface area contributed by atoms with Crippen LogP contribution in [0.15, 0.2) is 40.6 Å². The molecule has 0 saturated heterocycles. The summed E-state index contributed by atoms with van der Waals surface area (Å²) in [5.74, 6) is 0.262. The van der Waals surface area contributed by atoms with Crippen LogP contribution in [0.5, 0.6) is 17.4 Å². The smallest absolute Gasteiger partial charge is 0.295 e. The van der Waals surface area contributed by atoms with E-state index >= 15 is 0 Å². The topological polar surface area (TPSA) is 96.3 Å². The van der Waals surface area contributed by atoms with Gasteiger partial charge in [0, 0.05) is 10.9 Å². The monoisotopic (exact) mass is 353 g/mol. The third kappa shape index (κ3) is 3.11. The Bertz CT molecular complexity index is 1020. The molecule has 2 aromatic carbocycles. The number of aromatic nitrogens is 1. The van der Waals surface area contributed by atoms with Crippen LogP contribution < -0.4 is 9.47 Å². The van der Waals surface area contributed by atoms with E-state index in [2.05, 4.69) is 15.2 Å². The van der Waals surface area contributed by atoms with E-state index in [1.54, 1.807) is 12.1 Å². The standard InChI is InChI=1S/C19H19N3O4/c1-10-7-11(2)16-13(8-10)17(19(24)20-16)21-22-18(23)12-5-6-14(25-3)15(9-12)26-4/h5-9,20,24H,1-4H3. The Hall–Kier alpha value is -3.35. The molecular formula is C19H19N3O4. The summed E-state index contributed by atoms with van der Waals surface area (Å²) in [6, 6.07) is 8.61. The van der Waals surface area contributed by atoms with E-state index in [4.69, 9.17) is 9.47 Å². The van der Waals surface area contributed by atoms with Crippen molar-refractivity contribution in [3.63, 3.8) is 0 Å². The van der Waals surface area contributed by atoms with Gasteiger partial charge in [-0.25, -0.2) is 0 Å². The van der Waals surface area contributed by atoms with E-state index in [-0.39, 0.29) is 11.6 Å². The number of hydrogen-bond acceptors (Lipinski definition) is 5. The Kier molecular flexibility index (Phi) is 4.62. The first-order chi connectivity index (χ1) is 12.4. The predicted molar refractivity (Wildman–Crippen MR) is 97.8 cm³/mol. The first kappa shape index (κ1) is 17.5. The van der Waals surface area contributed by atoms with Crippen molar-refractivity contribution in [3.05, 3.63) is 47.0 Å². The molecule has 1 aromatic heterocycles. The number of aryl methyl sites for hydroxylation is 2. The van der Waals surface area contributed by atoms with Crippen molar-refractivity contribution >= 4 is 22.5 Å². The zero-order chi connectivity index (χ0) is 18.8. The van der Waals surface area contributed by atoms with E-state index in [0.29, 0.717) is 22.4 Å². The fourth-order valence-electron chi connectivity index (χ4n) is 2.85. The van der Waals surface area contributed by atoms with Crippen LogP contribution in [-0.4, -0.2) is 30.2 Å². The van der Waals surface area contributed by atoms with E-state index in [1.165, 1.54) is 20.3 Å². The van der Waals surface area contributed by atoms with Gasteiger partial charge in [-0.05, 0) is 43.7 Å². The Morgan fingerprint density at radius 3 is 2.50 bits per heavy atom. The number of fused-ring (bicyclic) bond motifs is 1. The van der Waals surface area contributed by atoms with Crippen molar-refractivity contribution in [2.24, 2.45) is 10.2 Å². The summed E-state index contributed by atoms with van der Waals surface area (Å²) < 4.78 is 10.3. The van der Waals surface area contributed by atoms with Crippen LogP contribution in [-0.2, 0) is 0 Å². The molecule has 0 aliphatic carbocycles. The van der Waals surface area contributed by atoms with Gasteiger partial charge in [0.15, 0.2) is 17.2 Å². The molecule has 3 rings (SSSR count). The highest BCUT2D eigenvalue weighted by Crippen LogP contribution is 2.37. The third-order valence-corrected chi connectivity index (χ3v) is 4.07. The summed E-state index contributed by atoms with van der Waals surface area (Å²) >= 11 is 0. The molecule has 0 aliphatic heterocycles. The average Bonchev–Trinajstić information content (AvgIpc) is 2.94. The second-order valence-electron chi connectivity index (χ2n) is 5.90. The molecule has 1 heterocycles. The molecule has 0 unspecified atom stereocenters. The molecule has 7 nitrogen and oxygen atoms in total. The third-order valence-electron chi connectivity index (χ3n) is 4.07. The number of aromatic amines is 1. The van der Waals surface area contributed by atoms with Gasteiger partial charge in [0.05, 0.1) is 19.7 Å². The number of amides is 1. The average molecular weight is 353 g/mol. The minimum absolute atomic E-state index is 0.127. The van der Waals surface area contributed by atoms with Gasteiger partial charge < -0.3 is 19.6 Å². The maximum absolute atomic E-state index is 12.3. The second kappa shape index (κ2) is 6.87. The first-order valence-electron chi connectivity index (χ1n) is 7.94. The van der Waals surface area contributed by atoms with Crippen LogP contribution in [0.25, 0.3) is 10.9 Å². The predicted octanol–water partition coefficient (Wildman–Crippen LogP) is 4.43. The number of nitrogens with zero attached hydrogens (tertiary/aromatic N) is 2. The number of carbonyl (C=O) groups is 1. The van der Waals surface area contributed by atoms with E-state index in [1.807, 2.05) is 26.0 Å². The fourth-order valence-corrected chi connectivity index (χ4v) is 2.85. The Balaban J connectivity index is 1.96. The van der Waals surface area contributed by atoms with Crippen molar-refractivity contribution in [2.75, 3.05) is 14.2 Å². The molecule has 3 aromatic rings. The molecule has 7 heteroatoms. The number of azo groups is 1. The molecule has 0 atom stereocenters. The molecule has 0 fully saturated rings. The lowest BCUT2D eigenvalue weighted by atomic mass is 10.1. The van der Waals surface area contributed by atoms with Crippen molar-refractivity contribution in [1.82, 2.24) is 4.98 Å². The molecule has 26 heavy (non-hydrogen) atoms. The summed E-state index contributed by atoms with van der Waals surface area (Å²) in [6.45, 7) is 3.88. The van der Waals surface area contributed by atoms with Crippen molar-refractivity contribution in [1.29, 1.82) is 0 Å². The minimum atomic E-state index is -0.552. The highest BCUT2D eigenvalue weighted by molar-refractivity contribution is 5.98. The number of aromatic hydroxyl groups is 1. The number of ether oxygens (including phenoxy) is 2. The number of hydrogen-bond donors (Lipinski definition) is 2. The van der Waals surface area contributed by atoms with E-state index < -0.39 is 5.91 Å². The van der Waals surface area contributed by atoms with E-state index in [0.717, 1.165) is 16.6 Å². The zero-order valence-corrected chi connectivity index (χ0v) is 15.0. The summed E-state index contributed by atoms with van der Waals surface area (Å²) in [6.07, 6.45) is 0. The van der Waals surface area contributed by atoms with Crippen molar-refractivity contribution in [2.45, 2.75) is 13.8 Å². The molecule has 2 N–H and O–H groups in total. The van der Waals surface area contributed by atoms with Gasteiger partial charge in [0.2, 0.25) is 5.88 Å². The maximum Gasteiger partial charge on any atom is 0.295 e. The number of benzene rings is 2. The number of methoxy groups -OCH3 is 2. The molecule has 0 radical (unpaired) electrons. The SMILES string of the molecule is COc1ccc(C(=O)N=Nc2c(O)[nH]c3c(C)cc(C)cc23)cc1OC. The van der Waals surface area contributed by atoms with Crippen LogP contribution >= 0.6 is 0 Å². The number of H-pyrrole nitrogens is 1. The number of carbonyl (C=O) groups excluding carboxylic acids is 1. The minimum Gasteiger partial charge on any atom is -0.493 e. The first-order valence-corrected chi connectivity index (χ1v) is 7.94. The molecule has 1 amide bonds. The van der Waals surface area contributed by atoms with Crippen molar-refractivity contribution < 1.29 is 19.4 Å². The van der Waals surface area contributed by atoms with Gasteiger partial charge in [0.25, 0.3) is 5.91 Å². The van der Waals surface area contributed by atoms with Crippen LogP contribution in [0.2, 0.25) is 0 Å². The summed E-state index contributed by atoms with van der Waals surface area (Å²) in [7, 11) is 3.01. The Morgan fingerprint density at radius 1 is 1.08 bits per heavy atom. The molecule has 0 spiro atoms. The van der Waals surface area contributed by atoms with Crippen LogP contribution in [0.1, 0.15) is 21.5 Å². The quantitative estimate of drug-likeness (QED) is 0.678. The Labute approximate surface area is 150 Å². The lowest BCUT2D eigenvalue weighted by molar-refractivity contribution is 0.0994. The molecule has 0 bridgehead atoms. The lowest BCUT2D eigenvalue weighted by Crippen LogP contribution is -1.97. The van der Waals surface area contributed by atoms with Gasteiger partial charge >= 0.3 is 0 Å². The maximum atomic E-state index is 12.3. The van der Waals surface area contributed by atoms with Crippen LogP contribution in [0.3, 0.4) is 0 Å². The second-order valence-corrected chi connectivity index (χ2v) is 5.90. The van der Waals surface area contributed by atoms with Gasteiger partial charge in [-0.1, -0.05) is 11.6 Å². The zero-order valence-electron chi connectivity index (χ0n) is 15.0. The molecule has 0 saturated carbocycles. The summed E-state index contributed by atoms with van der Waals surface area (Å²) in [4.78, 5) is 15.2. The molecule has 0 aliphatic rings. The number of nitrogens with one attached hydrogen (secondary N) is 1. The normalized spacial score (nSPS) is 11.2. The van der Waals surface area contributed by atoms with Crippen LogP contribution in [0.4, 0.5) is 5.69 Å². The largest absolute Gasteiger partial charge is 0.493 e. The van der Waals surface area contributed by atoms with E-state index in [9.17, 15) is 9.90 Å². The van der Waals surface area contributed by atoms with Gasteiger partial charge in [0.1, 0.15) is 0 Å². The van der Waals surface area contributed by atoms with Gasteiger partial charge in [-0.15, -0.1) is 10.2 Å². The summed E-state index contributed by atoms with van der Waals surface area (Å²) in [5.41, 5.74) is 3.30. The van der Waals surface area contributed by atoms with Crippen LogP contribution in [0, 0.1) is 13.8 Å². The lowest BCUT2D eigenvalue weighted by Gasteiger charge is -2.07. The summed E-state index contributed by atoms with van der Waals surface area (Å²) in [5, 5.41) is 18.6. The number of rotatable bonds is 4.